The maximum Gasteiger partial charge on any atom is 0.0680 e. The summed E-state index contributed by atoms with van der Waals surface area (Å²) in [6.07, 6.45) is 2.33. The Balaban J connectivity index is 3.00. The van der Waals surface area contributed by atoms with Gasteiger partial charge in [-0.3, -0.25) is 4.68 Å². The zero-order valence-corrected chi connectivity index (χ0v) is 10.1. The first-order valence-corrected chi connectivity index (χ1v) is 5.56. The third-order valence-corrected chi connectivity index (χ3v) is 2.44. The molecule has 0 bridgehead atoms. The van der Waals surface area contributed by atoms with Crippen molar-refractivity contribution in [3.8, 4) is 0 Å². The van der Waals surface area contributed by atoms with E-state index in [0.717, 1.165) is 13.0 Å². The van der Waals surface area contributed by atoms with Crippen LogP contribution in [0.4, 0.5) is 0 Å². The quantitative estimate of drug-likeness (QED) is 0.722. The Bertz CT molecular complexity index is 292. The van der Waals surface area contributed by atoms with Crippen molar-refractivity contribution < 1.29 is 0 Å². The molecule has 0 amide bonds. The van der Waals surface area contributed by atoms with Gasteiger partial charge in [0.15, 0.2) is 0 Å². The summed E-state index contributed by atoms with van der Waals surface area (Å²) in [4.78, 5) is 0. The summed E-state index contributed by atoms with van der Waals surface area (Å²) in [5.41, 5.74) is 2.76. The molecule has 0 aliphatic heterocycles. The molecule has 0 atom stereocenters. The van der Waals surface area contributed by atoms with Crippen LogP contribution >= 0.6 is 0 Å². The molecule has 80 valence electrons. The predicted octanol–water partition coefficient (Wildman–Crippen LogP) is 3.15. The highest BCUT2D eigenvalue weighted by atomic mass is 15.3. The Morgan fingerprint density at radius 3 is 2.36 bits per heavy atom. The van der Waals surface area contributed by atoms with Crippen LogP contribution in [0.15, 0.2) is 6.07 Å². The van der Waals surface area contributed by atoms with Crippen molar-refractivity contribution in [2.45, 2.75) is 59.4 Å². The van der Waals surface area contributed by atoms with Gasteiger partial charge in [0.25, 0.3) is 0 Å². The van der Waals surface area contributed by atoms with Crippen molar-refractivity contribution in [2.24, 2.45) is 0 Å². The summed E-state index contributed by atoms with van der Waals surface area (Å²) >= 11 is 0. The van der Waals surface area contributed by atoms with E-state index in [1.807, 2.05) is 0 Å². The van der Waals surface area contributed by atoms with E-state index in [-0.39, 0.29) is 5.41 Å². The minimum atomic E-state index is 0.170. The lowest BCUT2D eigenvalue weighted by Gasteiger charge is -2.14. The van der Waals surface area contributed by atoms with E-state index in [2.05, 4.69) is 50.5 Å². The molecule has 0 spiro atoms. The fraction of sp³-hybridized carbons (Fsp3) is 0.750. The van der Waals surface area contributed by atoms with Crippen LogP contribution < -0.4 is 0 Å². The summed E-state index contributed by atoms with van der Waals surface area (Å²) < 4.78 is 2.13. The zero-order valence-electron chi connectivity index (χ0n) is 10.1. The second-order valence-electron chi connectivity index (χ2n) is 4.84. The van der Waals surface area contributed by atoms with Crippen LogP contribution in [0.5, 0.6) is 0 Å². The Kier molecular flexibility index (Phi) is 3.35. The fourth-order valence-electron chi connectivity index (χ4n) is 1.55. The van der Waals surface area contributed by atoms with Gasteiger partial charge in [0, 0.05) is 17.7 Å². The average molecular weight is 194 g/mol. The number of aryl methyl sites for hydroxylation is 2. The number of hydrogen-bond acceptors (Lipinski definition) is 1. The molecule has 1 aromatic heterocycles. The predicted molar refractivity (Wildman–Crippen MR) is 60.6 cm³/mol. The molecule has 0 aliphatic carbocycles. The molecule has 2 heteroatoms. The first kappa shape index (κ1) is 11.3. The molecule has 0 fully saturated rings. The molecule has 1 aromatic rings. The molecule has 0 saturated carbocycles. The second kappa shape index (κ2) is 4.16. The van der Waals surface area contributed by atoms with Crippen LogP contribution in [0.1, 0.15) is 52.4 Å². The van der Waals surface area contributed by atoms with Gasteiger partial charge in [0.1, 0.15) is 0 Å². The van der Waals surface area contributed by atoms with Crippen molar-refractivity contribution in [3.63, 3.8) is 0 Å². The fourth-order valence-corrected chi connectivity index (χ4v) is 1.55. The van der Waals surface area contributed by atoms with E-state index < -0.39 is 0 Å². The molecular formula is C12H22N2. The van der Waals surface area contributed by atoms with E-state index in [0.29, 0.717) is 0 Å². The van der Waals surface area contributed by atoms with Gasteiger partial charge in [-0.25, -0.2) is 0 Å². The standard InChI is InChI=1S/C12H22N2/c1-6-8-10-9-11(12(3,4)5)13-14(10)7-2/h9H,6-8H2,1-5H3. The van der Waals surface area contributed by atoms with E-state index in [9.17, 15) is 0 Å². The van der Waals surface area contributed by atoms with Crippen molar-refractivity contribution in [2.75, 3.05) is 0 Å². The van der Waals surface area contributed by atoms with Gasteiger partial charge >= 0.3 is 0 Å². The molecule has 0 unspecified atom stereocenters. The minimum absolute atomic E-state index is 0.170. The maximum absolute atomic E-state index is 4.64. The Morgan fingerprint density at radius 2 is 1.93 bits per heavy atom. The van der Waals surface area contributed by atoms with E-state index in [1.165, 1.54) is 17.8 Å². The monoisotopic (exact) mass is 194 g/mol. The lowest BCUT2D eigenvalue weighted by molar-refractivity contribution is 0.535. The van der Waals surface area contributed by atoms with Gasteiger partial charge in [-0.2, -0.15) is 5.10 Å². The van der Waals surface area contributed by atoms with Crippen LogP contribution in [-0.4, -0.2) is 9.78 Å². The van der Waals surface area contributed by atoms with Gasteiger partial charge < -0.3 is 0 Å². The molecular weight excluding hydrogens is 172 g/mol. The Hall–Kier alpha value is -0.790. The summed E-state index contributed by atoms with van der Waals surface area (Å²) in [6, 6.07) is 2.26. The van der Waals surface area contributed by atoms with Crippen molar-refractivity contribution >= 4 is 0 Å². The van der Waals surface area contributed by atoms with Gasteiger partial charge in [0.2, 0.25) is 0 Å². The largest absolute Gasteiger partial charge is 0.270 e. The molecule has 0 N–H and O–H groups in total. The van der Waals surface area contributed by atoms with Crippen LogP contribution in [0.2, 0.25) is 0 Å². The second-order valence-corrected chi connectivity index (χ2v) is 4.84. The molecule has 14 heavy (non-hydrogen) atoms. The maximum atomic E-state index is 4.64. The number of aromatic nitrogens is 2. The molecule has 0 radical (unpaired) electrons. The first-order chi connectivity index (χ1) is 6.49. The van der Waals surface area contributed by atoms with Gasteiger partial charge in [-0.15, -0.1) is 0 Å². The summed E-state index contributed by atoms with van der Waals surface area (Å²) in [7, 11) is 0. The highest BCUT2D eigenvalue weighted by Gasteiger charge is 2.18. The summed E-state index contributed by atoms with van der Waals surface area (Å²) in [5, 5.41) is 4.64. The molecule has 2 nitrogen and oxygen atoms in total. The van der Waals surface area contributed by atoms with Crippen LogP contribution in [0.3, 0.4) is 0 Å². The molecule has 0 aliphatic rings. The lowest BCUT2D eigenvalue weighted by Crippen LogP contribution is -2.12. The van der Waals surface area contributed by atoms with Crippen LogP contribution in [0, 0.1) is 0 Å². The molecule has 1 heterocycles. The van der Waals surface area contributed by atoms with Crippen molar-refractivity contribution in [1.29, 1.82) is 0 Å². The molecule has 0 aromatic carbocycles. The minimum Gasteiger partial charge on any atom is -0.270 e. The Morgan fingerprint density at radius 1 is 1.29 bits per heavy atom. The van der Waals surface area contributed by atoms with E-state index >= 15 is 0 Å². The third kappa shape index (κ3) is 2.37. The van der Waals surface area contributed by atoms with Gasteiger partial charge in [-0.05, 0) is 19.4 Å². The molecule has 0 saturated heterocycles. The summed E-state index contributed by atoms with van der Waals surface area (Å²) in [6.45, 7) is 12.0. The Labute approximate surface area is 87.3 Å². The number of hydrogen-bond donors (Lipinski definition) is 0. The van der Waals surface area contributed by atoms with Crippen LogP contribution in [0.25, 0.3) is 0 Å². The SMILES string of the molecule is CCCc1cc(C(C)(C)C)nn1CC. The summed E-state index contributed by atoms with van der Waals surface area (Å²) in [5.74, 6) is 0. The zero-order chi connectivity index (χ0) is 10.8. The topological polar surface area (TPSA) is 17.8 Å². The first-order valence-electron chi connectivity index (χ1n) is 5.56. The highest BCUT2D eigenvalue weighted by molar-refractivity contribution is 5.17. The average Bonchev–Trinajstić information content (AvgIpc) is 2.47. The normalized spacial score (nSPS) is 12.1. The van der Waals surface area contributed by atoms with Crippen molar-refractivity contribution in [3.05, 3.63) is 17.5 Å². The smallest absolute Gasteiger partial charge is 0.0680 e. The van der Waals surface area contributed by atoms with E-state index in [1.54, 1.807) is 0 Å². The lowest BCUT2D eigenvalue weighted by atomic mass is 9.92. The highest BCUT2D eigenvalue weighted by Crippen LogP contribution is 2.22. The van der Waals surface area contributed by atoms with E-state index in [4.69, 9.17) is 0 Å². The van der Waals surface area contributed by atoms with Gasteiger partial charge in [-0.1, -0.05) is 34.1 Å². The molecule has 1 rings (SSSR count). The third-order valence-electron chi connectivity index (χ3n) is 2.44. The van der Waals surface area contributed by atoms with Gasteiger partial charge in [0.05, 0.1) is 5.69 Å². The van der Waals surface area contributed by atoms with Crippen LogP contribution in [-0.2, 0) is 18.4 Å². The number of nitrogens with zero attached hydrogens (tertiary/aromatic N) is 2. The number of rotatable bonds is 3. The van der Waals surface area contributed by atoms with Crippen molar-refractivity contribution in [1.82, 2.24) is 9.78 Å².